The highest BCUT2D eigenvalue weighted by Crippen LogP contribution is 2.20. The van der Waals surface area contributed by atoms with Crippen molar-refractivity contribution in [2.75, 3.05) is 6.54 Å². The van der Waals surface area contributed by atoms with E-state index in [0.29, 0.717) is 6.04 Å². The van der Waals surface area contributed by atoms with Crippen molar-refractivity contribution >= 4 is 11.3 Å². The van der Waals surface area contributed by atoms with E-state index in [1.807, 2.05) is 11.3 Å². The lowest BCUT2D eigenvalue weighted by Crippen LogP contribution is -2.17. The highest BCUT2D eigenvalue weighted by atomic mass is 32.1. The summed E-state index contributed by atoms with van der Waals surface area (Å²) in [5.74, 6) is 0. The van der Waals surface area contributed by atoms with Crippen molar-refractivity contribution in [1.29, 1.82) is 0 Å². The van der Waals surface area contributed by atoms with Gasteiger partial charge in [0.05, 0.1) is 0 Å². The van der Waals surface area contributed by atoms with Crippen LogP contribution >= 0.6 is 11.3 Å². The molecular weight excluding hydrogens is 216 g/mol. The summed E-state index contributed by atoms with van der Waals surface area (Å²) in [6.07, 6.45) is 3.59. The Labute approximate surface area is 103 Å². The van der Waals surface area contributed by atoms with Gasteiger partial charge < -0.3 is 11.1 Å². The molecule has 1 unspecified atom stereocenters. The number of thiophene rings is 1. The Balaban J connectivity index is 2.07. The van der Waals surface area contributed by atoms with Gasteiger partial charge >= 0.3 is 0 Å². The normalized spacial score (nSPS) is 13.0. The molecule has 0 saturated heterocycles. The first kappa shape index (κ1) is 13.7. The average Bonchev–Trinajstić information content (AvgIpc) is 2.52. The second-order valence-corrected chi connectivity index (χ2v) is 5.94. The summed E-state index contributed by atoms with van der Waals surface area (Å²) in [6, 6.07) is 2.64. The van der Waals surface area contributed by atoms with Gasteiger partial charge in [0, 0.05) is 22.3 Å². The van der Waals surface area contributed by atoms with Gasteiger partial charge in [-0.25, -0.2) is 0 Å². The van der Waals surface area contributed by atoms with Gasteiger partial charge in [0.1, 0.15) is 0 Å². The van der Waals surface area contributed by atoms with Crippen molar-refractivity contribution in [3.8, 4) is 0 Å². The van der Waals surface area contributed by atoms with Crippen LogP contribution in [0.25, 0.3) is 0 Å². The first-order valence-electron chi connectivity index (χ1n) is 6.12. The number of nitrogens with two attached hydrogens (primary N) is 1. The molecule has 1 atom stereocenters. The van der Waals surface area contributed by atoms with Crippen LogP contribution in [-0.2, 0) is 6.54 Å². The summed E-state index contributed by atoms with van der Waals surface area (Å²) >= 11 is 1.90. The molecule has 2 nitrogen and oxygen atoms in total. The van der Waals surface area contributed by atoms with Crippen LogP contribution in [0.2, 0.25) is 0 Å². The first-order valence-corrected chi connectivity index (χ1v) is 6.93. The minimum atomic E-state index is 0.350. The minimum absolute atomic E-state index is 0.350. The average molecular weight is 240 g/mol. The molecule has 0 aliphatic heterocycles. The fourth-order valence-corrected chi connectivity index (χ4v) is 2.69. The van der Waals surface area contributed by atoms with Crippen molar-refractivity contribution < 1.29 is 0 Å². The number of nitrogens with one attached hydrogen (secondary N) is 1. The molecule has 1 aromatic rings. The maximum atomic E-state index is 5.70. The number of aryl methyl sites for hydroxylation is 2. The number of hydrogen-bond acceptors (Lipinski definition) is 3. The van der Waals surface area contributed by atoms with Crippen LogP contribution in [0.4, 0.5) is 0 Å². The lowest BCUT2D eigenvalue weighted by Gasteiger charge is -2.05. The van der Waals surface area contributed by atoms with Crippen molar-refractivity contribution in [2.24, 2.45) is 5.73 Å². The van der Waals surface area contributed by atoms with E-state index in [0.717, 1.165) is 19.5 Å². The largest absolute Gasteiger partial charge is 0.328 e. The van der Waals surface area contributed by atoms with Gasteiger partial charge in [-0.15, -0.1) is 11.3 Å². The molecule has 0 spiro atoms. The first-order chi connectivity index (χ1) is 7.59. The molecular formula is C13H24N2S. The Kier molecular flexibility index (Phi) is 6.03. The van der Waals surface area contributed by atoms with E-state index in [9.17, 15) is 0 Å². The molecule has 3 N–H and O–H groups in total. The van der Waals surface area contributed by atoms with Gasteiger partial charge in [0.15, 0.2) is 0 Å². The third-order valence-corrected chi connectivity index (χ3v) is 3.93. The SMILES string of the molecule is Cc1cc(CNCCCCC(C)N)sc1C. The van der Waals surface area contributed by atoms with Gasteiger partial charge in [-0.3, -0.25) is 0 Å². The smallest absolute Gasteiger partial charge is 0.0299 e. The van der Waals surface area contributed by atoms with Crippen molar-refractivity contribution in [2.45, 2.75) is 52.6 Å². The third kappa shape index (κ3) is 5.10. The quantitative estimate of drug-likeness (QED) is 0.719. The van der Waals surface area contributed by atoms with Crippen LogP contribution < -0.4 is 11.1 Å². The molecule has 0 aliphatic carbocycles. The summed E-state index contributed by atoms with van der Waals surface area (Å²) in [6.45, 7) is 8.55. The lowest BCUT2D eigenvalue weighted by molar-refractivity contribution is 0.565. The molecule has 3 heteroatoms. The molecule has 0 aromatic carbocycles. The van der Waals surface area contributed by atoms with E-state index in [-0.39, 0.29) is 0 Å². The van der Waals surface area contributed by atoms with E-state index in [1.165, 1.54) is 28.2 Å². The summed E-state index contributed by atoms with van der Waals surface area (Å²) in [7, 11) is 0. The predicted molar refractivity (Wildman–Crippen MR) is 73.0 cm³/mol. The van der Waals surface area contributed by atoms with Crippen molar-refractivity contribution in [3.63, 3.8) is 0 Å². The predicted octanol–water partition coefficient (Wildman–Crippen LogP) is 2.97. The van der Waals surface area contributed by atoms with Gasteiger partial charge in [0.2, 0.25) is 0 Å². The van der Waals surface area contributed by atoms with E-state index in [2.05, 4.69) is 32.2 Å². The van der Waals surface area contributed by atoms with Gasteiger partial charge in [-0.05, 0) is 51.8 Å². The van der Waals surface area contributed by atoms with Crippen LogP contribution in [0.3, 0.4) is 0 Å². The number of rotatable bonds is 7. The summed E-state index contributed by atoms with van der Waals surface area (Å²) in [5, 5.41) is 3.49. The van der Waals surface area contributed by atoms with Gasteiger partial charge in [-0.2, -0.15) is 0 Å². The van der Waals surface area contributed by atoms with Gasteiger partial charge in [0.25, 0.3) is 0 Å². The zero-order chi connectivity index (χ0) is 12.0. The maximum Gasteiger partial charge on any atom is 0.0299 e. The Morgan fingerprint density at radius 3 is 2.69 bits per heavy atom. The molecule has 0 saturated carbocycles. The summed E-state index contributed by atoms with van der Waals surface area (Å²) in [5.41, 5.74) is 7.11. The monoisotopic (exact) mass is 240 g/mol. The fraction of sp³-hybridized carbons (Fsp3) is 0.692. The van der Waals surface area contributed by atoms with E-state index < -0.39 is 0 Å². The molecule has 1 aromatic heterocycles. The molecule has 0 radical (unpaired) electrons. The summed E-state index contributed by atoms with van der Waals surface area (Å²) < 4.78 is 0. The van der Waals surface area contributed by atoms with Crippen LogP contribution in [0, 0.1) is 13.8 Å². The Bertz CT molecular complexity index is 285. The molecule has 92 valence electrons. The van der Waals surface area contributed by atoms with E-state index in [1.54, 1.807) is 0 Å². The van der Waals surface area contributed by atoms with Crippen molar-refractivity contribution in [3.05, 3.63) is 21.4 Å². The fourth-order valence-electron chi connectivity index (χ4n) is 1.66. The third-order valence-electron chi connectivity index (χ3n) is 2.78. The molecule has 0 bridgehead atoms. The lowest BCUT2D eigenvalue weighted by atomic mass is 10.1. The second kappa shape index (κ2) is 7.05. The zero-order valence-electron chi connectivity index (χ0n) is 10.7. The Hall–Kier alpha value is -0.380. The number of hydrogen-bond donors (Lipinski definition) is 2. The molecule has 16 heavy (non-hydrogen) atoms. The number of unbranched alkanes of at least 4 members (excludes halogenated alkanes) is 1. The Morgan fingerprint density at radius 2 is 2.12 bits per heavy atom. The molecule has 0 aliphatic rings. The highest BCUT2D eigenvalue weighted by Gasteiger charge is 2.00. The molecule has 0 amide bonds. The van der Waals surface area contributed by atoms with Crippen molar-refractivity contribution in [1.82, 2.24) is 5.32 Å². The van der Waals surface area contributed by atoms with Crippen LogP contribution in [0.1, 0.15) is 41.5 Å². The van der Waals surface area contributed by atoms with E-state index in [4.69, 9.17) is 5.73 Å². The highest BCUT2D eigenvalue weighted by molar-refractivity contribution is 7.12. The van der Waals surface area contributed by atoms with Gasteiger partial charge in [-0.1, -0.05) is 6.42 Å². The molecule has 1 heterocycles. The standard InChI is InChI=1S/C13H24N2S/c1-10-8-13(16-12(10)3)9-15-7-5-4-6-11(2)14/h8,11,15H,4-7,9,14H2,1-3H3. The van der Waals surface area contributed by atoms with Crippen LogP contribution in [0.5, 0.6) is 0 Å². The molecule has 1 rings (SSSR count). The van der Waals surface area contributed by atoms with E-state index >= 15 is 0 Å². The topological polar surface area (TPSA) is 38.0 Å². The second-order valence-electron chi connectivity index (χ2n) is 4.60. The van der Waals surface area contributed by atoms with Crippen LogP contribution in [0.15, 0.2) is 6.07 Å². The minimum Gasteiger partial charge on any atom is -0.328 e. The zero-order valence-corrected chi connectivity index (χ0v) is 11.5. The maximum absolute atomic E-state index is 5.70. The summed E-state index contributed by atoms with van der Waals surface area (Å²) in [4.78, 5) is 2.89. The van der Waals surface area contributed by atoms with Crippen LogP contribution in [-0.4, -0.2) is 12.6 Å². The Morgan fingerprint density at radius 1 is 1.38 bits per heavy atom. The molecule has 0 fully saturated rings.